The van der Waals surface area contributed by atoms with Crippen LogP contribution in [0.4, 0.5) is 0 Å². The monoisotopic (exact) mass is 202 g/mol. The molecule has 0 aromatic carbocycles. The average Bonchev–Trinajstić information content (AvgIpc) is 2.25. The molecule has 1 aromatic heterocycles. The normalized spacial score (nSPS) is 9.93. The van der Waals surface area contributed by atoms with Gasteiger partial charge in [-0.2, -0.15) is 0 Å². The fourth-order valence-corrected chi connectivity index (χ4v) is 0.969. The summed E-state index contributed by atoms with van der Waals surface area (Å²) in [6, 6.07) is 3.45. The molecule has 1 rings (SSSR count). The number of carbonyl (C=O) groups excluding carboxylic acids is 1. The first-order chi connectivity index (χ1) is 7.24. The summed E-state index contributed by atoms with van der Waals surface area (Å²) in [5.41, 5.74) is 9.35. The Hall–Kier alpha value is -2.13. The molecule has 0 aliphatic rings. The zero-order chi connectivity index (χ0) is 11.1. The highest BCUT2D eigenvalue weighted by Gasteiger charge is 1.97. The molecule has 0 aliphatic carbocycles. The molecule has 0 atom stereocenters. The highest BCUT2D eigenvalue weighted by atomic mass is 16.1. The molecule has 0 radical (unpaired) electrons. The van der Waals surface area contributed by atoms with Crippen molar-refractivity contribution in [3.05, 3.63) is 46.1 Å². The van der Waals surface area contributed by atoms with Gasteiger partial charge in [-0.25, -0.2) is 0 Å². The van der Waals surface area contributed by atoms with Gasteiger partial charge in [-0.3, -0.25) is 9.78 Å². The van der Waals surface area contributed by atoms with Gasteiger partial charge in [-0.05, 0) is 30.7 Å². The predicted octanol–water partition coefficient (Wildman–Crippen LogP) is 2.61. The third-order valence-corrected chi connectivity index (χ3v) is 1.73. The number of hydrogen-bond acceptors (Lipinski definition) is 3. The summed E-state index contributed by atoms with van der Waals surface area (Å²) in [4.78, 5) is 17.6. The van der Waals surface area contributed by atoms with Gasteiger partial charge in [0.05, 0.1) is 5.69 Å². The van der Waals surface area contributed by atoms with Gasteiger partial charge in [0.25, 0.3) is 0 Å². The molecule has 1 heterocycles. The van der Waals surface area contributed by atoms with Crippen LogP contribution < -0.4 is 0 Å². The second-order valence-electron chi connectivity index (χ2n) is 2.84. The van der Waals surface area contributed by atoms with Crippen LogP contribution in [0.25, 0.3) is 16.5 Å². The minimum Gasteiger partial charge on any atom is -0.294 e. The molecule has 0 amide bonds. The first-order valence-corrected chi connectivity index (χ1v) is 4.38. The van der Waals surface area contributed by atoms with Gasteiger partial charge in [-0.1, -0.05) is 11.2 Å². The van der Waals surface area contributed by atoms with Crippen molar-refractivity contribution in [1.29, 1.82) is 0 Å². The molecule has 15 heavy (non-hydrogen) atoms. The van der Waals surface area contributed by atoms with E-state index in [1.165, 1.54) is 13.1 Å². The lowest BCUT2D eigenvalue weighted by Crippen LogP contribution is -1.93. The minimum atomic E-state index is -0.00731. The maximum absolute atomic E-state index is 10.9. The Morgan fingerprint density at radius 3 is 3.00 bits per heavy atom. The summed E-state index contributed by atoms with van der Waals surface area (Å²) < 4.78 is 0. The van der Waals surface area contributed by atoms with Crippen molar-refractivity contribution in [3.8, 4) is 0 Å². The van der Waals surface area contributed by atoms with E-state index in [4.69, 9.17) is 5.53 Å². The molecule has 0 N–H and O–H groups in total. The van der Waals surface area contributed by atoms with E-state index in [2.05, 4.69) is 15.0 Å². The molecule has 0 fully saturated rings. The summed E-state index contributed by atoms with van der Waals surface area (Å²) in [6.45, 7) is 1.79. The lowest BCUT2D eigenvalue weighted by molar-refractivity contribution is 0.101. The van der Waals surface area contributed by atoms with E-state index in [0.29, 0.717) is 12.1 Å². The van der Waals surface area contributed by atoms with Gasteiger partial charge in [0, 0.05) is 23.2 Å². The summed E-state index contributed by atoms with van der Waals surface area (Å²) in [6.07, 6.45) is 4.96. The average molecular weight is 202 g/mol. The molecule has 5 heteroatoms. The number of Topliss-reactive ketones (excluding diaryl/α,β-unsaturated/α-hetero) is 1. The van der Waals surface area contributed by atoms with E-state index >= 15 is 0 Å². The van der Waals surface area contributed by atoms with Crippen LogP contribution in [0.3, 0.4) is 0 Å². The molecule has 0 saturated heterocycles. The maximum Gasteiger partial charge on any atom is 0.161 e. The summed E-state index contributed by atoms with van der Waals surface area (Å²) in [5.74, 6) is -0.00731. The van der Waals surface area contributed by atoms with Crippen LogP contribution in [0.2, 0.25) is 0 Å². The van der Waals surface area contributed by atoms with Crippen LogP contribution in [0.5, 0.6) is 0 Å². The highest BCUT2D eigenvalue weighted by molar-refractivity contribution is 5.93. The molecular formula is C10H10N4O. The van der Waals surface area contributed by atoms with Crippen molar-refractivity contribution < 1.29 is 4.79 Å². The number of nitrogens with zero attached hydrogens (tertiary/aromatic N) is 4. The summed E-state index contributed by atoms with van der Waals surface area (Å²) in [5, 5.41) is 3.34. The number of pyridine rings is 1. The second kappa shape index (κ2) is 5.57. The Morgan fingerprint density at radius 1 is 1.67 bits per heavy atom. The Morgan fingerprint density at radius 2 is 2.47 bits per heavy atom. The first kappa shape index (κ1) is 10.9. The molecule has 76 valence electrons. The number of azide groups is 1. The molecule has 0 unspecified atom stereocenters. The van der Waals surface area contributed by atoms with E-state index in [9.17, 15) is 4.79 Å². The number of rotatable bonds is 4. The molecule has 0 aliphatic heterocycles. The van der Waals surface area contributed by atoms with Gasteiger partial charge in [0.1, 0.15) is 0 Å². The van der Waals surface area contributed by atoms with Gasteiger partial charge in [-0.15, -0.1) is 0 Å². The van der Waals surface area contributed by atoms with E-state index < -0.39 is 0 Å². The van der Waals surface area contributed by atoms with Gasteiger partial charge in [0.2, 0.25) is 0 Å². The van der Waals surface area contributed by atoms with Crippen molar-refractivity contribution >= 4 is 11.9 Å². The number of aromatic nitrogens is 1. The van der Waals surface area contributed by atoms with Crippen LogP contribution in [0.1, 0.15) is 23.0 Å². The van der Waals surface area contributed by atoms with Crippen molar-refractivity contribution in [1.82, 2.24) is 4.98 Å². The fraction of sp³-hybridized carbons (Fsp3) is 0.200. The Balaban J connectivity index is 2.68. The Kier molecular flexibility index (Phi) is 4.06. The van der Waals surface area contributed by atoms with Gasteiger partial charge in [0.15, 0.2) is 5.78 Å². The van der Waals surface area contributed by atoms with Crippen LogP contribution in [-0.4, -0.2) is 17.3 Å². The highest BCUT2D eigenvalue weighted by Crippen LogP contribution is 2.02. The molecule has 1 aromatic rings. The topological polar surface area (TPSA) is 78.7 Å². The molecule has 0 spiro atoms. The van der Waals surface area contributed by atoms with Crippen molar-refractivity contribution in [2.45, 2.75) is 6.92 Å². The third-order valence-electron chi connectivity index (χ3n) is 1.73. The number of ketones is 1. The van der Waals surface area contributed by atoms with Crippen LogP contribution >= 0.6 is 0 Å². The lowest BCUT2D eigenvalue weighted by atomic mass is 10.2. The second-order valence-corrected chi connectivity index (χ2v) is 2.84. The minimum absolute atomic E-state index is 0.00731. The molecule has 5 nitrogen and oxygen atoms in total. The van der Waals surface area contributed by atoms with Gasteiger partial charge >= 0.3 is 0 Å². The SMILES string of the molecule is CC(=O)c1ccc(C=CCN=[N+]=[N-])nc1. The van der Waals surface area contributed by atoms with Crippen LogP contribution in [0, 0.1) is 0 Å². The first-order valence-electron chi connectivity index (χ1n) is 4.38. The number of carbonyl (C=O) groups is 1. The quantitative estimate of drug-likeness (QED) is 0.325. The Labute approximate surface area is 87.1 Å². The van der Waals surface area contributed by atoms with E-state index in [0.717, 1.165) is 5.69 Å². The summed E-state index contributed by atoms with van der Waals surface area (Å²) >= 11 is 0. The molecular weight excluding hydrogens is 192 g/mol. The van der Waals surface area contributed by atoms with Crippen LogP contribution in [-0.2, 0) is 0 Å². The smallest absolute Gasteiger partial charge is 0.161 e. The molecule has 0 bridgehead atoms. The predicted molar refractivity (Wildman–Crippen MR) is 57.3 cm³/mol. The van der Waals surface area contributed by atoms with Crippen LogP contribution in [0.15, 0.2) is 29.5 Å². The third kappa shape index (κ3) is 3.62. The largest absolute Gasteiger partial charge is 0.294 e. The van der Waals surface area contributed by atoms with Gasteiger partial charge < -0.3 is 0 Å². The number of hydrogen-bond donors (Lipinski definition) is 0. The van der Waals surface area contributed by atoms with E-state index in [1.54, 1.807) is 24.3 Å². The standard InChI is InChI=1S/C10H10N4O/c1-8(15)9-4-5-10(12-7-9)3-2-6-13-14-11/h2-5,7H,6H2,1H3. The van der Waals surface area contributed by atoms with Crippen molar-refractivity contribution in [3.63, 3.8) is 0 Å². The Bertz CT molecular complexity index is 416. The van der Waals surface area contributed by atoms with E-state index in [1.807, 2.05) is 0 Å². The fourth-order valence-electron chi connectivity index (χ4n) is 0.969. The zero-order valence-electron chi connectivity index (χ0n) is 8.29. The maximum atomic E-state index is 10.9. The molecule has 0 saturated carbocycles. The van der Waals surface area contributed by atoms with Crippen molar-refractivity contribution in [2.24, 2.45) is 5.11 Å². The van der Waals surface area contributed by atoms with E-state index in [-0.39, 0.29) is 5.78 Å². The zero-order valence-corrected chi connectivity index (χ0v) is 8.29. The lowest BCUT2D eigenvalue weighted by Gasteiger charge is -1.95. The van der Waals surface area contributed by atoms with Crippen molar-refractivity contribution in [2.75, 3.05) is 6.54 Å². The summed E-state index contributed by atoms with van der Waals surface area (Å²) in [7, 11) is 0.